The maximum absolute atomic E-state index is 4.15. The van der Waals surface area contributed by atoms with Gasteiger partial charge in [-0.2, -0.15) is 5.10 Å². The summed E-state index contributed by atoms with van der Waals surface area (Å²) in [5.41, 5.74) is 0. The van der Waals surface area contributed by atoms with Crippen LogP contribution in [-0.4, -0.2) is 36.0 Å². The van der Waals surface area contributed by atoms with Gasteiger partial charge < -0.3 is 4.90 Å². The molecule has 1 aliphatic heterocycles. The van der Waals surface area contributed by atoms with Crippen molar-refractivity contribution in [3.05, 3.63) is 0 Å². The fourth-order valence-corrected chi connectivity index (χ4v) is 0.753. The lowest BCUT2D eigenvalue weighted by molar-refractivity contribution is 0.206. The highest BCUT2D eigenvalue weighted by atomic mass is 15.6. The fourth-order valence-electron chi connectivity index (χ4n) is 0.753. The first-order chi connectivity index (χ1) is 4.20. The molecule has 0 amide bonds. The topological polar surface area (TPSA) is 18.8 Å². The predicted octanol–water partition coefficient (Wildman–Crippen LogP) is 0.543. The van der Waals surface area contributed by atoms with Crippen molar-refractivity contribution in [3.63, 3.8) is 0 Å². The first-order valence-corrected chi connectivity index (χ1v) is 3.21. The van der Waals surface area contributed by atoms with Crippen LogP contribution in [0.4, 0.5) is 0 Å². The van der Waals surface area contributed by atoms with Crippen molar-refractivity contribution >= 4 is 6.34 Å². The van der Waals surface area contributed by atoms with Gasteiger partial charge >= 0.3 is 0 Å². The standard InChI is InChI=1S/C6H13N3/c1-6(2)9-5-8(3)4-7-9/h4,6H,5H2,1-3H3. The molecule has 1 aliphatic rings. The molecule has 0 saturated carbocycles. The smallest absolute Gasteiger partial charge is 0.112 e. The Morgan fingerprint density at radius 2 is 2.22 bits per heavy atom. The van der Waals surface area contributed by atoms with E-state index in [1.807, 2.05) is 18.4 Å². The average Bonchev–Trinajstić information content (AvgIpc) is 2.14. The van der Waals surface area contributed by atoms with Crippen LogP contribution in [0.1, 0.15) is 13.8 Å². The molecule has 0 aromatic heterocycles. The molecule has 0 saturated heterocycles. The molecule has 0 fully saturated rings. The summed E-state index contributed by atoms with van der Waals surface area (Å²) in [6, 6.07) is 0.520. The molecule has 0 N–H and O–H groups in total. The minimum absolute atomic E-state index is 0.520. The summed E-state index contributed by atoms with van der Waals surface area (Å²) >= 11 is 0. The largest absolute Gasteiger partial charge is 0.345 e. The van der Waals surface area contributed by atoms with E-state index < -0.39 is 0 Å². The molecule has 0 aliphatic carbocycles. The summed E-state index contributed by atoms with van der Waals surface area (Å²) in [7, 11) is 2.02. The van der Waals surface area contributed by atoms with Gasteiger partial charge in [0.2, 0.25) is 0 Å². The maximum Gasteiger partial charge on any atom is 0.112 e. The third kappa shape index (κ3) is 1.34. The number of rotatable bonds is 1. The van der Waals surface area contributed by atoms with Crippen LogP contribution in [0, 0.1) is 0 Å². The van der Waals surface area contributed by atoms with Gasteiger partial charge in [-0.3, -0.25) is 5.01 Å². The third-order valence-corrected chi connectivity index (χ3v) is 1.36. The number of hydrazone groups is 1. The second kappa shape index (κ2) is 2.25. The van der Waals surface area contributed by atoms with Crippen molar-refractivity contribution in [1.82, 2.24) is 9.91 Å². The number of hydrogen-bond donors (Lipinski definition) is 0. The summed E-state index contributed by atoms with van der Waals surface area (Å²) in [5.74, 6) is 0. The molecule has 0 atom stereocenters. The fraction of sp³-hybridized carbons (Fsp3) is 0.833. The predicted molar refractivity (Wildman–Crippen MR) is 38.1 cm³/mol. The Labute approximate surface area is 55.9 Å². The molecule has 0 spiro atoms. The van der Waals surface area contributed by atoms with Crippen LogP contribution in [0.15, 0.2) is 5.10 Å². The van der Waals surface area contributed by atoms with Gasteiger partial charge in [0.25, 0.3) is 0 Å². The van der Waals surface area contributed by atoms with E-state index in [1.165, 1.54) is 0 Å². The molecule has 0 aromatic rings. The van der Waals surface area contributed by atoms with E-state index in [0.717, 1.165) is 6.67 Å². The van der Waals surface area contributed by atoms with Crippen LogP contribution in [-0.2, 0) is 0 Å². The third-order valence-electron chi connectivity index (χ3n) is 1.36. The van der Waals surface area contributed by atoms with Gasteiger partial charge in [-0.05, 0) is 13.8 Å². The first-order valence-electron chi connectivity index (χ1n) is 3.21. The normalized spacial score (nSPS) is 18.2. The van der Waals surface area contributed by atoms with Crippen LogP contribution in [0.5, 0.6) is 0 Å². The Bertz CT molecular complexity index is 119. The summed E-state index contributed by atoms with van der Waals surface area (Å²) < 4.78 is 0. The minimum atomic E-state index is 0.520. The van der Waals surface area contributed by atoms with Gasteiger partial charge in [0, 0.05) is 13.1 Å². The Kier molecular flexibility index (Phi) is 1.60. The Balaban J connectivity index is 2.41. The van der Waals surface area contributed by atoms with Crippen LogP contribution < -0.4 is 0 Å². The van der Waals surface area contributed by atoms with Crippen molar-refractivity contribution in [2.45, 2.75) is 19.9 Å². The van der Waals surface area contributed by atoms with Crippen LogP contribution >= 0.6 is 0 Å². The average molecular weight is 127 g/mol. The zero-order chi connectivity index (χ0) is 6.85. The zero-order valence-corrected chi connectivity index (χ0v) is 6.20. The molecule has 1 rings (SSSR count). The second-order valence-electron chi connectivity index (χ2n) is 2.66. The molecule has 0 aromatic carbocycles. The van der Waals surface area contributed by atoms with Crippen molar-refractivity contribution in [2.75, 3.05) is 13.7 Å². The van der Waals surface area contributed by atoms with E-state index in [4.69, 9.17) is 0 Å². The SMILES string of the molecule is CC(C)N1CN(C)C=N1. The van der Waals surface area contributed by atoms with Gasteiger partial charge in [-0.25, -0.2) is 0 Å². The van der Waals surface area contributed by atoms with Crippen LogP contribution in [0.3, 0.4) is 0 Å². The van der Waals surface area contributed by atoms with E-state index in [1.54, 1.807) is 0 Å². The van der Waals surface area contributed by atoms with Crippen molar-refractivity contribution in [3.8, 4) is 0 Å². The molecular weight excluding hydrogens is 114 g/mol. The van der Waals surface area contributed by atoms with Gasteiger partial charge in [-0.15, -0.1) is 0 Å². The lowest BCUT2D eigenvalue weighted by Crippen LogP contribution is -2.28. The van der Waals surface area contributed by atoms with E-state index in [9.17, 15) is 0 Å². The Morgan fingerprint density at radius 3 is 2.44 bits per heavy atom. The molecular formula is C6H13N3. The molecule has 0 bridgehead atoms. The monoisotopic (exact) mass is 127 g/mol. The maximum atomic E-state index is 4.15. The Hall–Kier alpha value is -0.730. The molecule has 52 valence electrons. The van der Waals surface area contributed by atoms with Crippen molar-refractivity contribution < 1.29 is 0 Å². The molecule has 0 unspecified atom stereocenters. The quantitative estimate of drug-likeness (QED) is 0.512. The minimum Gasteiger partial charge on any atom is -0.345 e. The van der Waals surface area contributed by atoms with Crippen LogP contribution in [0.2, 0.25) is 0 Å². The lowest BCUT2D eigenvalue weighted by Gasteiger charge is -2.19. The highest BCUT2D eigenvalue weighted by Gasteiger charge is 2.11. The van der Waals surface area contributed by atoms with E-state index in [2.05, 4.69) is 23.8 Å². The van der Waals surface area contributed by atoms with Gasteiger partial charge in [0.15, 0.2) is 0 Å². The van der Waals surface area contributed by atoms with Crippen molar-refractivity contribution in [2.24, 2.45) is 5.10 Å². The molecule has 9 heavy (non-hydrogen) atoms. The molecule has 3 nitrogen and oxygen atoms in total. The van der Waals surface area contributed by atoms with Gasteiger partial charge in [0.1, 0.15) is 13.0 Å². The highest BCUT2D eigenvalue weighted by molar-refractivity contribution is 5.55. The zero-order valence-electron chi connectivity index (χ0n) is 6.20. The van der Waals surface area contributed by atoms with E-state index in [0.29, 0.717) is 6.04 Å². The number of nitrogens with zero attached hydrogens (tertiary/aromatic N) is 3. The summed E-state index contributed by atoms with van der Waals surface area (Å²) in [5, 5.41) is 6.19. The molecule has 3 heteroatoms. The summed E-state index contributed by atoms with van der Waals surface area (Å²) in [6.45, 7) is 5.20. The second-order valence-corrected chi connectivity index (χ2v) is 2.66. The van der Waals surface area contributed by atoms with E-state index >= 15 is 0 Å². The number of hydrogen-bond acceptors (Lipinski definition) is 3. The summed E-state index contributed by atoms with van der Waals surface area (Å²) in [6.07, 6.45) is 1.85. The molecule has 0 radical (unpaired) electrons. The van der Waals surface area contributed by atoms with E-state index in [-0.39, 0.29) is 0 Å². The lowest BCUT2D eigenvalue weighted by atomic mass is 10.4. The highest BCUT2D eigenvalue weighted by Crippen LogP contribution is 2.03. The Morgan fingerprint density at radius 1 is 1.56 bits per heavy atom. The van der Waals surface area contributed by atoms with Crippen molar-refractivity contribution in [1.29, 1.82) is 0 Å². The van der Waals surface area contributed by atoms with Gasteiger partial charge in [-0.1, -0.05) is 0 Å². The summed E-state index contributed by atoms with van der Waals surface area (Å²) in [4.78, 5) is 2.06. The van der Waals surface area contributed by atoms with Crippen LogP contribution in [0.25, 0.3) is 0 Å². The first kappa shape index (κ1) is 6.39. The van der Waals surface area contributed by atoms with Gasteiger partial charge in [0.05, 0.1) is 0 Å². The molecule has 1 heterocycles.